The topological polar surface area (TPSA) is 168 Å². The smallest absolute Gasteiger partial charge is 0.427 e. The maximum atomic E-state index is 15.1. The molecular formula is C45H57F4N3O10S. The number of halogens is 4. The van der Waals surface area contributed by atoms with Gasteiger partial charge in [0.2, 0.25) is 39.2 Å². The van der Waals surface area contributed by atoms with E-state index in [2.05, 4.69) is 4.72 Å². The second-order valence-corrected chi connectivity index (χ2v) is 20.8. The Kier molecular flexibility index (Phi) is 12.9. The highest BCUT2D eigenvalue weighted by Gasteiger charge is 2.64. The van der Waals surface area contributed by atoms with E-state index in [0.29, 0.717) is 55.7 Å². The molecule has 1 aromatic carbocycles. The SMILES string of the molecule is CC[C@@H]1C[C@H](C)CC/C=C\[C@@H]2C[C@@]2(C(=O)NS(=O)(=O)C2(CF)CC2)CC(=O)[C@@H]2C[C@@H](Oc3nc4c(c5cc(OC)ccc35)CCCO4)CN2C(=O)[C@H]1CC(=O)OC(C)(C)C(F)(F)F. The van der Waals surface area contributed by atoms with Gasteiger partial charge in [0, 0.05) is 23.8 Å². The van der Waals surface area contributed by atoms with Crippen LogP contribution in [-0.4, -0.2) is 97.5 Å². The van der Waals surface area contributed by atoms with Crippen molar-refractivity contribution < 1.29 is 64.1 Å². The first-order valence-corrected chi connectivity index (χ1v) is 23.4. The molecule has 2 amide bonds. The number of methoxy groups -OCH3 is 1. The van der Waals surface area contributed by atoms with Crippen LogP contribution in [-0.2, 0) is 40.4 Å². The monoisotopic (exact) mass is 907 g/mol. The number of ether oxygens (including phenoxy) is 4. The average Bonchev–Trinajstić information content (AvgIpc) is 4.14. The Hall–Kier alpha value is -4.48. The quantitative estimate of drug-likeness (QED) is 0.139. The molecule has 7 atom stereocenters. The Labute approximate surface area is 365 Å². The van der Waals surface area contributed by atoms with Crippen molar-refractivity contribution in [3.05, 3.63) is 35.9 Å². The molecule has 3 aliphatic heterocycles. The van der Waals surface area contributed by atoms with Crippen LogP contribution in [0.5, 0.6) is 17.5 Å². The van der Waals surface area contributed by atoms with Crippen molar-refractivity contribution >= 4 is 44.4 Å². The molecule has 18 heteroatoms. The van der Waals surface area contributed by atoms with Crippen molar-refractivity contribution in [1.82, 2.24) is 14.6 Å². The number of ketones is 1. The van der Waals surface area contributed by atoms with Crippen LogP contribution in [0.4, 0.5) is 17.6 Å². The summed E-state index contributed by atoms with van der Waals surface area (Å²) in [4.78, 5) is 63.5. The summed E-state index contributed by atoms with van der Waals surface area (Å²) in [5.74, 6) is -4.49. The van der Waals surface area contributed by atoms with Crippen LogP contribution >= 0.6 is 0 Å². The number of carbonyl (C=O) groups excluding carboxylic acids is 4. The number of aromatic nitrogens is 1. The number of pyridine rings is 1. The molecule has 1 N–H and O–H groups in total. The van der Waals surface area contributed by atoms with E-state index < -0.39 is 105 Å². The number of rotatable bonds is 11. The number of fused-ring (bicyclic) bond motifs is 5. The number of hydrogen-bond acceptors (Lipinski definition) is 11. The number of sulfonamides is 1. The number of nitrogens with one attached hydrogen (secondary N) is 1. The number of carbonyl (C=O) groups is 4. The highest BCUT2D eigenvalue weighted by atomic mass is 32.2. The molecule has 63 heavy (non-hydrogen) atoms. The van der Waals surface area contributed by atoms with E-state index in [1.165, 1.54) is 4.90 Å². The fourth-order valence-corrected chi connectivity index (χ4v) is 11.0. The minimum atomic E-state index is -4.89. The Morgan fingerprint density at radius 1 is 1.11 bits per heavy atom. The van der Waals surface area contributed by atoms with Gasteiger partial charge in [-0.3, -0.25) is 23.9 Å². The van der Waals surface area contributed by atoms with Crippen LogP contribution in [0.2, 0.25) is 0 Å². The maximum Gasteiger partial charge on any atom is 0.427 e. The van der Waals surface area contributed by atoms with Gasteiger partial charge in [0.1, 0.15) is 23.3 Å². The summed E-state index contributed by atoms with van der Waals surface area (Å²) < 4.78 is 106. The van der Waals surface area contributed by atoms with Crippen LogP contribution in [0.25, 0.3) is 10.8 Å². The number of allylic oxidation sites excluding steroid dienone is 2. The lowest BCUT2D eigenvalue weighted by molar-refractivity contribution is -0.257. The predicted octanol–water partition coefficient (Wildman–Crippen LogP) is 7.12. The molecule has 0 unspecified atom stereocenters. The lowest BCUT2D eigenvalue weighted by Gasteiger charge is -2.34. The lowest BCUT2D eigenvalue weighted by atomic mass is 9.79. The number of alkyl halides is 4. The highest BCUT2D eigenvalue weighted by Crippen LogP contribution is 2.58. The third-order valence-corrected chi connectivity index (χ3v) is 16.0. The fraction of sp³-hybridized carbons (Fsp3) is 0.667. The third-order valence-electron chi connectivity index (χ3n) is 13.9. The van der Waals surface area contributed by atoms with E-state index in [4.69, 9.17) is 23.9 Å². The number of aryl methyl sites for hydroxylation is 1. The minimum Gasteiger partial charge on any atom is -0.497 e. The standard InChI is InChI=1S/C45H57F4N3O10S/c1-6-27-18-26(2)10-7-8-11-28-22-44(28,41(56)51-63(57,58)43(25-46)15-16-43)23-36(53)35-20-30(24-52(35)40(55)33(27)21-37(54)62-42(3,4)45(47,48)49)61-39-32-14-13-29(59-5)19-34(32)31-12-9-17-60-38(31)50-39/h8,11,13-14,19,26-28,30,33,35H,6-7,9-10,12,15-18,20-25H2,1-5H3,(H,51,56)/b11-8-/t26-,27-,28-,30-,33+,35+,44-/m1/s1. The number of amides is 2. The van der Waals surface area contributed by atoms with Gasteiger partial charge in [0.25, 0.3) is 0 Å². The van der Waals surface area contributed by atoms with Crippen LogP contribution in [0.1, 0.15) is 104 Å². The molecule has 0 radical (unpaired) electrons. The van der Waals surface area contributed by atoms with Crippen molar-refractivity contribution in [2.75, 3.05) is 26.9 Å². The second kappa shape index (κ2) is 17.5. The molecule has 7 rings (SSSR count). The molecule has 0 bridgehead atoms. The van der Waals surface area contributed by atoms with E-state index in [9.17, 15) is 40.4 Å². The summed E-state index contributed by atoms with van der Waals surface area (Å²) >= 11 is 0. The van der Waals surface area contributed by atoms with Gasteiger partial charge in [-0.05, 0) is 107 Å². The van der Waals surface area contributed by atoms with Crippen LogP contribution in [0.3, 0.4) is 0 Å². The molecule has 0 spiro atoms. The van der Waals surface area contributed by atoms with Crippen molar-refractivity contribution in [3.63, 3.8) is 0 Å². The summed E-state index contributed by atoms with van der Waals surface area (Å²) in [7, 11) is -2.89. The molecule has 346 valence electrons. The second-order valence-electron chi connectivity index (χ2n) is 18.7. The van der Waals surface area contributed by atoms with Gasteiger partial charge in [-0.1, -0.05) is 32.4 Å². The summed E-state index contributed by atoms with van der Waals surface area (Å²) in [5.41, 5.74) is -3.49. The van der Waals surface area contributed by atoms with E-state index >= 15 is 4.79 Å². The molecule has 3 fully saturated rings. The van der Waals surface area contributed by atoms with Gasteiger partial charge in [0.05, 0.1) is 44.1 Å². The van der Waals surface area contributed by atoms with E-state index in [1.807, 2.05) is 26.0 Å². The zero-order valence-corrected chi connectivity index (χ0v) is 37.2. The average molecular weight is 908 g/mol. The highest BCUT2D eigenvalue weighted by molar-refractivity contribution is 7.91. The van der Waals surface area contributed by atoms with Crippen molar-refractivity contribution in [2.45, 2.75) is 133 Å². The van der Waals surface area contributed by atoms with E-state index in [1.54, 1.807) is 25.3 Å². The van der Waals surface area contributed by atoms with Gasteiger partial charge in [-0.2, -0.15) is 18.2 Å². The first-order chi connectivity index (χ1) is 29.7. The van der Waals surface area contributed by atoms with Crippen LogP contribution in [0.15, 0.2) is 30.4 Å². The largest absolute Gasteiger partial charge is 0.497 e. The Morgan fingerprint density at radius 2 is 1.86 bits per heavy atom. The third kappa shape index (κ3) is 9.24. The van der Waals surface area contributed by atoms with Gasteiger partial charge >= 0.3 is 12.1 Å². The summed E-state index contributed by atoms with van der Waals surface area (Å²) in [5, 5.41) is 1.41. The first kappa shape index (κ1) is 46.5. The number of hydrogen-bond donors (Lipinski definition) is 1. The molecule has 4 heterocycles. The lowest BCUT2D eigenvalue weighted by Crippen LogP contribution is -2.49. The summed E-state index contributed by atoms with van der Waals surface area (Å²) in [6.07, 6.45) is 0.330. The van der Waals surface area contributed by atoms with Crippen molar-refractivity contribution in [3.8, 4) is 17.5 Å². The number of benzene rings is 1. The van der Waals surface area contributed by atoms with E-state index in [0.717, 1.165) is 31.2 Å². The maximum absolute atomic E-state index is 15.1. The van der Waals surface area contributed by atoms with Gasteiger partial charge in [-0.15, -0.1) is 0 Å². The zero-order valence-electron chi connectivity index (χ0n) is 36.4. The van der Waals surface area contributed by atoms with Gasteiger partial charge in [-0.25, -0.2) is 12.8 Å². The van der Waals surface area contributed by atoms with Gasteiger partial charge in [0.15, 0.2) is 5.78 Å². The number of Topliss-reactive ketones (excluding diaryl/α,β-unsaturated/α-hetero) is 1. The molecule has 2 aliphatic carbocycles. The Morgan fingerprint density at radius 3 is 2.52 bits per heavy atom. The molecule has 1 saturated heterocycles. The molecule has 2 aromatic rings. The number of nitrogens with zero attached hydrogens (tertiary/aromatic N) is 2. The molecule has 2 saturated carbocycles. The minimum absolute atomic E-state index is 0.0215. The summed E-state index contributed by atoms with van der Waals surface area (Å²) in [6, 6.07) is 4.14. The summed E-state index contributed by atoms with van der Waals surface area (Å²) in [6.45, 7) is 4.35. The molecular weight excluding hydrogens is 851 g/mol. The molecule has 13 nitrogen and oxygen atoms in total. The molecule has 5 aliphatic rings. The normalized spacial score (nSPS) is 29.2. The Balaban J connectivity index is 1.26. The van der Waals surface area contributed by atoms with Crippen LogP contribution < -0.4 is 18.9 Å². The number of esters is 1. The predicted molar refractivity (Wildman–Crippen MR) is 222 cm³/mol. The van der Waals surface area contributed by atoms with E-state index in [-0.39, 0.29) is 44.0 Å². The van der Waals surface area contributed by atoms with Crippen molar-refractivity contribution in [1.29, 1.82) is 0 Å². The zero-order chi connectivity index (χ0) is 45.7. The fourth-order valence-electron chi connectivity index (χ4n) is 9.51. The Bertz CT molecular complexity index is 2260. The molecule has 1 aromatic heterocycles. The first-order valence-electron chi connectivity index (χ1n) is 21.9. The van der Waals surface area contributed by atoms with Crippen molar-refractivity contribution in [2.24, 2.45) is 29.1 Å². The van der Waals surface area contributed by atoms with Gasteiger partial charge < -0.3 is 23.8 Å². The van der Waals surface area contributed by atoms with Crippen LogP contribution in [0, 0.1) is 29.1 Å².